The first-order valence-corrected chi connectivity index (χ1v) is 10.1. The highest BCUT2D eigenvalue weighted by Crippen LogP contribution is 2.33. The number of carbonyl (C=O) groups excluding carboxylic acids is 4. The summed E-state index contributed by atoms with van der Waals surface area (Å²) < 4.78 is 0.695. The molecule has 146 valence electrons. The van der Waals surface area contributed by atoms with E-state index in [0.717, 1.165) is 9.78 Å². The smallest absolute Gasteiger partial charge is 0.325 e. The fraction of sp³-hybridized carbons (Fsp3) is 0.263. The van der Waals surface area contributed by atoms with Crippen molar-refractivity contribution in [1.29, 1.82) is 0 Å². The van der Waals surface area contributed by atoms with Crippen molar-refractivity contribution in [1.82, 2.24) is 15.5 Å². The number of carbonyl (C=O) groups is 4. The fourth-order valence-corrected chi connectivity index (χ4v) is 4.50. The van der Waals surface area contributed by atoms with Gasteiger partial charge >= 0.3 is 6.03 Å². The first-order chi connectivity index (χ1) is 13.2. The number of thiophene rings is 1. The maximum atomic E-state index is 13.0. The Morgan fingerprint density at radius 2 is 1.93 bits per heavy atom. The number of ketones is 1. The maximum Gasteiger partial charge on any atom is 0.325 e. The van der Waals surface area contributed by atoms with Crippen LogP contribution in [0.3, 0.4) is 0 Å². The molecular formula is C19H18BrN3O4S. The molecule has 1 fully saturated rings. The number of hydrogen-bond acceptors (Lipinski definition) is 5. The number of nitrogens with zero attached hydrogens (tertiary/aromatic N) is 1. The molecule has 28 heavy (non-hydrogen) atoms. The summed E-state index contributed by atoms with van der Waals surface area (Å²) in [6.45, 7) is 3.02. The lowest BCUT2D eigenvalue weighted by Crippen LogP contribution is -2.41. The first kappa shape index (κ1) is 20.2. The summed E-state index contributed by atoms with van der Waals surface area (Å²) in [5.74, 6) is -0.973. The van der Waals surface area contributed by atoms with Gasteiger partial charge in [-0.05, 0) is 25.1 Å². The number of rotatable bonds is 6. The Balaban J connectivity index is 1.75. The minimum absolute atomic E-state index is 0.160. The van der Waals surface area contributed by atoms with Crippen LogP contribution in [0.4, 0.5) is 4.79 Å². The molecular weight excluding hydrogens is 446 g/mol. The molecule has 2 N–H and O–H groups in total. The van der Waals surface area contributed by atoms with Gasteiger partial charge in [-0.2, -0.15) is 0 Å². The number of Topliss-reactive ketones (excluding diaryl/α,β-unsaturated/α-hetero) is 1. The zero-order chi connectivity index (χ0) is 20.5. The second kappa shape index (κ2) is 7.84. The summed E-state index contributed by atoms with van der Waals surface area (Å²) in [4.78, 5) is 51.2. The molecule has 0 saturated carbocycles. The van der Waals surface area contributed by atoms with Crippen molar-refractivity contribution in [2.45, 2.75) is 25.9 Å². The van der Waals surface area contributed by atoms with Crippen molar-refractivity contribution in [3.05, 3.63) is 56.2 Å². The molecule has 2 heterocycles. The van der Waals surface area contributed by atoms with E-state index in [1.165, 1.54) is 18.3 Å². The third-order valence-corrected chi connectivity index (χ3v) is 6.26. The lowest BCUT2D eigenvalue weighted by atomic mass is 9.92. The van der Waals surface area contributed by atoms with Crippen LogP contribution in [0.5, 0.6) is 0 Å². The Morgan fingerprint density at radius 3 is 2.61 bits per heavy atom. The van der Waals surface area contributed by atoms with Crippen LogP contribution in [0, 0.1) is 0 Å². The Hall–Kier alpha value is -2.52. The number of amides is 4. The second-order valence-electron chi connectivity index (χ2n) is 6.53. The maximum absolute atomic E-state index is 13.0. The molecule has 4 amide bonds. The quantitative estimate of drug-likeness (QED) is 0.508. The highest BCUT2D eigenvalue weighted by Gasteiger charge is 2.50. The van der Waals surface area contributed by atoms with Crippen molar-refractivity contribution < 1.29 is 19.2 Å². The summed E-state index contributed by atoms with van der Waals surface area (Å²) in [5, 5.41) is 5.36. The average Bonchev–Trinajstić information content (AvgIpc) is 3.20. The van der Waals surface area contributed by atoms with Gasteiger partial charge in [0, 0.05) is 21.8 Å². The van der Waals surface area contributed by atoms with Crippen molar-refractivity contribution in [3.8, 4) is 0 Å². The zero-order valence-electron chi connectivity index (χ0n) is 15.2. The van der Waals surface area contributed by atoms with E-state index in [2.05, 4.69) is 26.6 Å². The van der Waals surface area contributed by atoms with Gasteiger partial charge in [0.1, 0.15) is 5.54 Å². The van der Waals surface area contributed by atoms with Gasteiger partial charge in [0.15, 0.2) is 5.78 Å². The molecule has 7 nitrogen and oxygen atoms in total. The van der Waals surface area contributed by atoms with Crippen LogP contribution in [0.15, 0.2) is 40.9 Å². The third kappa shape index (κ3) is 3.85. The van der Waals surface area contributed by atoms with Gasteiger partial charge in [-0.25, -0.2) is 4.79 Å². The molecule has 1 aromatic heterocycles. The van der Waals surface area contributed by atoms with Crippen LogP contribution in [0.2, 0.25) is 0 Å². The number of imide groups is 1. The molecule has 1 aliphatic heterocycles. The van der Waals surface area contributed by atoms with Crippen molar-refractivity contribution in [2.24, 2.45) is 0 Å². The molecule has 1 aliphatic rings. The van der Waals surface area contributed by atoms with E-state index in [-0.39, 0.29) is 18.2 Å². The molecule has 1 atom stereocenters. The van der Waals surface area contributed by atoms with E-state index in [1.54, 1.807) is 37.3 Å². The van der Waals surface area contributed by atoms with E-state index in [9.17, 15) is 19.2 Å². The van der Waals surface area contributed by atoms with E-state index >= 15 is 0 Å². The minimum Gasteiger partial charge on any atom is -0.351 e. The van der Waals surface area contributed by atoms with Gasteiger partial charge in [0.05, 0.1) is 18.0 Å². The van der Waals surface area contributed by atoms with Crippen LogP contribution in [0.25, 0.3) is 0 Å². The monoisotopic (exact) mass is 463 g/mol. The molecule has 2 aromatic rings. The topological polar surface area (TPSA) is 95.6 Å². The predicted molar refractivity (Wildman–Crippen MR) is 108 cm³/mol. The number of benzene rings is 1. The molecule has 1 aromatic carbocycles. The Bertz CT molecular complexity index is 974. The summed E-state index contributed by atoms with van der Waals surface area (Å²) in [6, 6.07) is 9.90. The number of hydrogen-bond donors (Lipinski definition) is 2. The zero-order valence-corrected chi connectivity index (χ0v) is 17.6. The number of nitrogens with one attached hydrogen (secondary N) is 2. The number of halogens is 1. The predicted octanol–water partition coefficient (Wildman–Crippen LogP) is 2.80. The fourth-order valence-electron chi connectivity index (χ4n) is 2.95. The molecule has 0 radical (unpaired) electrons. The lowest BCUT2D eigenvalue weighted by molar-refractivity contribution is -0.130. The molecule has 1 saturated heterocycles. The highest BCUT2D eigenvalue weighted by molar-refractivity contribution is 9.10. The number of urea groups is 1. The van der Waals surface area contributed by atoms with Gasteiger partial charge in [0.25, 0.3) is 5.91 Å². The summed E-state index contributed by atoms with van der Waals surface area (Å²) in [5.41, 5.74) is -0.624. The molecule has 0 unspecified atom stereocenters. The van der Waals surface area contributed by atoms with Crippen molar-refractivity contribution in [2.75, 3.05) is 6.54 Å². The standard InChI is InChI=1S/C19H18BrN3O4S/c1-11(24)21-9-12-7-8-16(28-12)15(25)10-23-17(26)19(2,22-18(23)27)13-5-3-4-6-14(13)20/h3-8H,9-10H2,1-2H3,(H,21,24)(H,22,27)/t19-/m1/s1. The van der Waals surface area contributed by atoms with E-state index in [1.807, 2.05) is 6.07 Å². The molecule has 0 aliphatic carbocycles. The van der Waals surface area contributed by atoms with E-state index in [0.29, 0.717) is 21.5 Å². The van der Waals surface area contributed by atoms with Gasteiger partial charge in [-0.15, -0.1) is 11.3 Å². The van der Waals surface area contributed by atoms with Crippen LogP contribution in [-0.2, 0) is 21.7 Å². The molecule has 3 rings (SSSR count). The van der Waals surface area contributed by atoms with Crippen LogP contribution >= 0.6 is 27.3 Å². The minimum atomic E-state index is -1.25. The normalized spacial score (nSPS) is 18.9. The second-order valence-corrected chi connectivity index (χ2v) is 8.55. The van der Waals surface area contributed by atoms with E-state index in [4.69, 9.17) is 0 Å². The van der Waals surface area contributed by atoms with Gasteiger partial charge in [-0.3, -0.25) is 19.3 Å². The van der Waals surface area contributed by atoms with Crippen molar-refractivity contribution in [3.63, 3.8) is 0 Å². The van der Waals surface area contributed by atoms with E-state index < -0.39 is 17.5 Å². The Kier molecular flexibility index (Phi) is 5.66. The van der Waals surface area contributed by atoms with Crippen LogP contribution < -0.4 is 10.6 Å². The summed E-state index contributed by atoms with van der Waals surface area (Å²) in [7, 11) is 0. The largest absolute Gasteiger partial charge is 0.351 e. The SMILES string of the molecule is CC(=O)NCc1ccc(C(=O)CN2C(=O)N[C@](C)(c3ccccc3Br)C2=O)s1. The Morgan fingerprint density at radius 1 is 1.21 bits per heavy atom. The van der Waals surface area contributed by atoms with Crippen LogP contribution in [-0.4, -0.2) is 35.1 Å². The summed E-state index contributed by atoms with van der Waals surface area (Å²) >= 11 is 4.63. The van der Waals surface area contributed by atoms with Crippen LogP contribution in [0.1, 0.15) is 34.0 Å². The van der Waals surface area contributed by atoms with Gasteiger partial charge < -0.3 is 10.6 Å². The molecule has 0 bridgehead atoms. The first-order valence-electron chi connectivity index (χ1n) is 8.48. The summed E-state index contributed by atoms with van der Waals surface area (Å²) in [6.07, 6.45) is 0. The van der Waals surface area contributed by atoms with Crippen molar-refractivity contribution >= 4 is 50.9 Å². The van der Waals surface area contributed by atoms with Gasteiger partial charge in [-0.1, -0.05) is 34.1 Å². The molecule has 0 spiro atoms. The Labute approximate surface area is 174 Å². The average molecular weight is 464 g/mol. The highest BCUT2D eigenvalue weighted by atomic mass is 79.9. The van der Waals surface area contributed by atoms with Gasteiger partial charge in [0.2, 0.25) is 5.91 Å². The molecule has 9 heteroatoms. The third-order valence-electron chi connectivity index (χ3n) is 4.44. The lowest BCUT2D eigenvalue weighted by Gasteiger charge is -2.23.